The first-order valence-corrected chi connectivity index (χ1v) is 11.8. The van der Waals surface area contributed by atoms with Gasteiger partial charge in [-0.3, -0.25) is 9.98 Å². The third kappa shape index (κ3) is 5.81. The molecule has 0 radical (unpaired) electrons. The number of phenolic OH excluding ortho intramolecular Hbond substituents is 2. The maximum Gasteiger partial charge on any atom is 0.128 e. The molecule has 4 nitrogen and oxygen atoms in total. The van der Waals surface area contributed by atoms with Crippen molar-refractivity contribution in [3.8, 4) is 11.5 Å². The second kappa shape index (κ2) is 9.81. The number of phenols is 2. The lowest BCUT2D eigenvalue weighted by Gasteiger charge is -2.21. The number of rotatable bonds is 4. The molecule has 0 spiro atoms. The first-order chi connectivity index (χ1) is 15.8. The molecule has 0 aromatic heterocycles. The summed E-state index contributed by atoms with van der Waals surface area (Å²) in [6.07, 6.45) is 3.17. The summed E-state index contributed by atoms with van der Waals surface area (Å²) in [5, 5.41) is 22.2. The minimum absolute atomic E-state index is 0.188. The van der Waals surface area contributed by atoms with Crippen molar-refractivity contribution >= 4 is 47.0 Å². The van der Waals surface area contributed by atoms with Gasteiger partial charge in [-0.1, -0.05) is 89.0 Å². The fraction of sp³-hybridized carbons (Fsp3) is 0.286. The third-order valence-electron chi connectivity index (χ3n) is 5.45. The van der Waals surface area contributed by atoms with Gasteiger partial charge in [0.25, 0.3) is 0 Å². The Hall–Kier alpha value is -2.82. The molecule has 6 heteroatoms. The van der Waals surface area contributed by atoms with Gasteiger partial charge in [0, 0.05) is 23.6 Å². The molecule has 0 aliphatic rings. The quantitative estimate of drug-likeness (QED) is 0.355. The predicted octanol–water partition coefficient (Wildman–Crippen LogP) is 8.50. The van der Waals surface area contributed by atoms with Crippen LogP contribution in [0.4, 0.5) is 11.4 Å². The van der Waals surface area contributed by atoms with Crippen molar-refractivity contribution in [2.75, 3.05) is 0 Å². The Balaban J connectivity index is 2.03. The van der Waals surface area contributed by atoms with E-state index in [-0.39, 0.29) is 22.3 Å². The topological polar surface area (TPSA) is 65.2 Å². The Labute approximate surface area is 211 Å². The zero-order valence-electron chi connectivity index (χ0n) is 20.3. The number of hydrogen-bond acceptors (Lipinski definition) is 4. The van der Waals surface area contributed by atoms with Crippen LogP contribution >= 0.6 is 23.2 Å². The minimum atomic E-state index is -0.212. The van der Waals surface area contributed by atoms with Crippen molar-refractivity contribution in [3.63, 3.8) is 0 Å². The van der Waals surface area contributed by atoms with Crippen LogP contribution in [0.2, 0.25) is 10.0 Å². The molecule has 0 fully saturated rings. The summed E-state index contributed by atoms with van der Waals surface area (Å²) < 4.78 is 0. The molecule has 3 rings (SSSR count). The SMILES string of the molecule is CC(C)(C)c1cccc(C=Nc2cc(Cl)c(Cl)cc2N=Cc2cccc(C(C)(C)C)c2O)c1O. The summed E-state index contributed by atoms with van der Waals surface area (Å²) in [4.78, 5) is 9.10. The smallest absolute Gasteiger partial charge is 0.128 e. The van der Waals surface area contributed by atoms with Crippen LogP contribution in [0.1, 0.15) is 63.8 Å². The molecular weight excluding hydrogens is 467 g/mol. The van der Waals surface area contributed by atoms with E-state index in [1.54, 1.807) is 36.7 Å². The summed E-state index contributed by atoms with van der Waals surface area (Å²) in [6.45, 7) is 12.2. The zero-order valence-corrected chi connectivity index (χ0v) is 21.8. The summed E-state index contributed by atoms with van der Waals surface area (Å²) in [5.41, 5.74) is 3.38. The van der Waals surface area contributed by atoms with Crippen LogP contribution in [0.25, 0.3) is 0 Å². The van der Waals surface area contributed by atoms with Gasteiger partial charge in [0.1, 0.15) is 11.5 Å². The molecule has 2 N–H and O–H groups in total. The van der Waals surface area contributed by atoms with E-state index >= 15 is 0 Å². The molecule has 0 aliphatic carbocycles. The van der Waals surface area contributed by atoms with Crippen LogP contribution in [0.3, 0.4) is 0 Å². The number of hydrogen-bond donors (Lipinski definition) is 2. The average Bonchev–Trinajstić information content (AvgIpc) is 2.73. The minimum Gasteiger partial charge on any atom is -0.507 e. The second-order valence-electron chi connectivity index (χ2n) is 10.3. The molecule has 3 aromatic rings. The van der Waals surface area contributed by atoms with Crippen molar-refractivity contribution in [2.24, 2.45) is 9.98 Å². The zero-order chi connectivity index (χ0) is 25.3. The van der Waals surface area contributed by atoms with Crippen LogP contribution < -0.4 is 0 Å². The van der Waals surface area contributed by atoms with Gasteiger partial charge in [-0.2, -0.15) is 0 Å². The van der Waals surface area contributed by atoms with Gasteiger partial charge < -0.3 is 10.2 Å². The second-order valence-corrected chi connectivity index (χ2v) is 11.1. The van der Waals surface area contributed by atoms with E-state index in [4.69, 9.17) is 23.2 Å². The van der Waals surface area contributed by atoms with Crippen LogP contribution in [0.15, 0.2) is 58.5 Å². The maximum atomic E-state index is 10.7. The Bertz CT molecular complexity index is 1170. The summed E-state index contributed by atoms with van der Waals surface area (Å²) >= 11 is 12.5. The number of benzene rings is 3. The monoisotopic (exact) mass is 496 g/mol. The van der Waals surface area contributed by atoms with Gasteiger partial charge in [0.05, 0.1) is 21.4 Å². The van der Waals surface area contributed by atoms with E-state index in [2.05, 4.69) is 9.98 Å². The van der Waals surface area contributed by atoms with E-state index < -0.39 is 0 Å². The Morgan fingerprint density at radius 3 is 1.32 bits per heavy atom. The van der Waals surface area contributed by atoms with Crippen molar-refractivity contribution in [3.05, 3.63) is 80.8 Å². The summed E-state index contributed by atoms with van der Waals surface area (Å²) in [6, 6.07) is 14.4. The van der Waals surface area contributed by atoms with Crippen molar-refractivity contribution in [1.82, 2.24) is 0 Å². The summed E-state index contributed by atoms with van der Waals surface area (Å²) in [5.74, 6) is 0.376. The number of halogens is 2. The fourth-order valence-electron chi connectivity index (χ4n) is 3.55. The van der Waals surface area contributed by atoms with Crippen LogP contribution in [0.5, 0.6) is 11.5 Å². The highest BCUT2D eigenvalue weighted by atomic mass is 35.5. The number of aliphatic imine (C=N–C) groups is 2. The Morgan fingerprint density at radius 1 is 0.647 bits per heavy atom. The highest BCUT2D eigenvalue weighted by Gasteiger charge is 2.20. The molecule has 0 unspecified atom stereocenters. The van der Waals surface area contributed by atoms with Gasteiger partial charge in [-0.05, 0) is 46.2 Å². The van der Waals surface area contributed by atoms with E-state index in [1.807, 2.05) is 65.8 Å². The van der Waals surface area contributed by atoms with Gasteiger partial charge in [-0.25, -0.2) is 0 Å². The third-order valence-corrected chi connectivity index (χ3v) is 6.18. The number of nitrogens with zero attached hydrogens (tertiary/aromatic N) is 2. The molecule has 34 heavy (non-hydrogen) atoms. The van der Waals surface area contributed by atoms with Crippen LogP contribution in [-0.4, -0.2) is 22.6 Å². The molecule has 0 heterocycles. The van der Waals surface area contributed by atoms with Gasteiger partial charge in [0.15, 0.2) is 0 Å². The van der Waals surface area contributed by atoms with E-state index in [0.29, 0.717) is 32.5 Å². The first-order valence-electron chi connectivity index (χ1n) is 11.0. The fourth-order valence-corrected chi connectivity index (χ4v) is 3.87. The first kappa shape index (κ1) is 25.8. The molecule has 0 bridgehead atoms. The Morgan fingerprint density at radius 2 is 1.00 bits per heavy atom. The Kier molecular flexibility index (Phi) is 7.44. The van der Waals surface area contributed by atoms with E-state index in [9.17, 15) is 10.2 Å². The molecule has 0 saturated heterocycles. The lowest BCUT2D eigenvalue weighted by atomic mass is 9.85. The van der Waals surface area contributed by atoms with Crippen molar-refractivity contribution in [1.29, 1.82) is 0 Å². The van der Waals surface area contributed by atoms with Crippen molar-refractivity contribution in [2.45, 2.75) is 52.4 Å². The van der Waals surface area contributed by atoms with Crippen LogP contribution in [0, 0.1) is 0 Å². The lowest BCUT2D eigenvalue weighted by molar-refractivity contribution is 0.445. The molecule has 178 valence electrons. The molecule has 0 amide bonds. The highest BCUT2D eigenvalue weighted by Crippen LogP contribution is 2.38. The maximum absolute atomic E-state index is 10.7. The van der Waals surface area contributed by atoms with E-state index in [0.717, 1.165) is 11.1 Å². The largest absolute Gasteiger partial charge is 0.507 e. The molecular formula is C28H30Cl2N2O2. The normalized spacial score (nSPS) is 12.7. The number of aromatic hydroxyl groups is 2. The van der Waals surface area contributed by atoms with Crippen LogP contribution in [-0.2, 0) is 10.8 Å². The summed E-state index contributed by atoms with van der Waals surface area (Å²) in [7, 11) is 0. The molecule has 0 atom stereocenters. The predicted molar refractivity (Wildman–Crippen MR) is 145 cm³/mol. The van der Waals surface area contributed by atoms with Gasteiger partial charge >= 0.3 is 0 Å². The number of para-hydroxylation sites is 2. The van der Waals surface area contributed by atoms with E-state index in [1.165, 1.54) is 0 Å². The van der Waals surface area contributed by atoms with Crippen molar-refractivity contribution < 1.29 is 10.2 Å². The molecule has 3 aromatic carbocycles. The lowest BCUT2D eigenvalue weighted by Crippen LogP contribution is -2.11. The average molecular weight is 497 g/mol. The van der Waals surface area contributed by atoms with Gasteiger partial charge in [0.2, 0.25) is 0 Å². The standard InChI is InChI=1S/C28H30Cl2N2O2/c1-27(2,3)19-11-7-9-17(25(19)33)15-31-23-13-21(29)22(30)14-24(23)32-16-18-10-8-12-20(26(18)34)28(4,5)6/h7-16,33-34H,1-6H3. The highest BCUT2D eigenvalue weighted by molar-refractivity contribution is 6.42. The molecule has 0 aliphatic heterocycles. The van der Waals surface area contributed by atoms with Gasteiger partial charge in [-0.15, -0.1) is 0 Å². The molecule has 0 saturated carbocycles.